The number of hydrogen-bond acceptors (Lipinski definition) is 5. The Morgan fingerprint density at radius 1 is 1.03 bits per heavy atom. The number of nitrogens with one attached hydrogen (secondary N) is 2. The summed E-state index contributed by atoms with van der Waals surface area (Å²) in [6.07, 6.45) is 9.73. The van der Waals surface area contributed by atoms with Gasteiger partial charge in [-0.05, 0) is 68.1 Å². The van der Waals surface area contributed by atoms with Crippen LogP contribution in [0.1, 0.15) is 72.5 Å². The van der Waals surface area contributed by atoms with E-state index in [4.69, 9.17) is 4.98 Å². The maximum Gasteiger partial charge on any atom is 0.182 e. The Labute approximate surface area is 183 Å². The summed E-state index contributed by atoms with van der Waals surface area (Å²) in [6.45, 7) is 1.06. The van der Waals surface area contributed by atoms with Crippen molar-refractivity contribution in [2.45, 2.75) is 62.8 Å². The average molecular weight is 415 g/mol. The second kappa shape index (κ2) is 8.85. The van der Waals surface area contributed by atoms with E-state index in [0.717, 1.165) is 43.3 Å². The Morgan fingerprint density at radius 2 is 1.87 bits per heavy atom. The maximum absolute atomic E-state index is 12.8. The number of benzene rings is 2. The maximum atomic E-state index is 12.8. The van der Waals surface area contributed by atoms with Gasteiger partial charge < -0.3 is 0 Å². The van der Waals surface area contributed by atoms with Crippen molar-refractivity contribution in [3.63, 3.8) is 0 Å². The van der Waals surface area contributed by atoms with E-state index < -0.39 is 0 Å². The summed E-state index contributed by atoms with van der Waals surface area (Å²) in [7, 11) is 0. The van der Waals surface area contributed by atoms with Gasteiger partial charge in [0, 0.05) is 18.5 Å². The highest BCUT2D eigenvalue weighted by Crippen LogP contribution is 2.41. The number of hydrogen-bond donors (Lipinski definition) is 2. The lowest BCUT2D eigenvalue weighted by molar-refractivity contribution is 0.0975. The topological polar surface area (TPSA) is 66.9 Å². The summed E-state index contributed by atoms with van der Waals surface area (Å²) < 4.78 is 0. The lowest BCUT2D eigenvalue weighted by Gasteiger charge is -2.37. The third kappa shape index (κ3) is 4.39. The van der Waals surface area contributed by atoms with E-state index in [1.54, 1.807) is 6.20 Å². The molecule has 1 aromatic heterocycles. The number of ketones is 1. The van der Waals surface area contributed by atoms with E-state index in [0.29, 0.717) is 18.0 Å². The number of rotatable bonds is 6. The van der Waals surface area contributed by atoms with Crippen LogP contribution in [0.4, 0.5) is 0 Å². The number of Topliss-reactive ketones (excluding diaryl/α,β-unsaturated/α-hetero) is 1. The van der Waals surface area contributed by atoms with Gasteiger partial charge >= 0.3 is 0 Å². The molecular weight excluding hydrogens is 384 g/mol. The Bertz CT molecular complexity index is 1050. The van der Waals surface area contributed by atoms with Gasteiger partial charge in [-0.15, -0.1) is 0 Å². The zero-order valence-electron chi connectivity index (χ0n) is 17.9. The van der Waals surface area contributed by atoms with Gasteiger partial charge in [0.2, 0.25) is 0 Å². The molecule has 2 aromatic carbocycles. The van der Waals surface area contributed by atoms with Crippen molar-refractivity contribution < 1.29 is 4.79 Å². The van der Waals surface area contributed by atoms with Crippen LogP contribution in [-0.4, -0.2) is 27.8 Å². The van der Waals surface area contributed by atoms with Crippen molar-refractivity contribution in [2.75, 3.05) is 6.54 Å². The largest absolute Gasteiger partial charge is 0.292 e. The van der Waals surface area contributed by atoms with Crippen LogP contribution in [0.5, 0.6) is 0 Å². The molecule has 2 heterocycles. The number of carbonyl (C=O) groups is 1. The number of fused-ring (bicyclic) bond motifs is 1. The molecule has 3 aromatic rings. The molecule has 5 rings (SSSR count). The number of para-hydroxylation sites is 1. The monoisotopic (exact) mass is 414 g/mol. The van der Waals surface area contributed by atoms with Gasteiger partial charge in [0.05, 0.1) is 17.2 Å². The smallest absolute Gasteiger partial charge is 0.182 e. The van der Waals surface area contributed by atoms with Gasteiger partial charge in [0.1, 0.15) is 5.69 Å². The third-order valence-electron chi connectivity index (χ3n) is 7.07. The van der Waals surface area contributed by atoms with E-state index in [9.17, 15) is 4.79 Å². The van der Waals surface area contributed by atoms with Gasteiger partial charge in [-0.3, -0.25) is 20.6 Å². The van der Waals surface area contributed by atoms with Crippen LogP contribution in [0.15, 0.2) is 54.7 Å². The van der Waals surface area contributed by atoms with Crippen LogP contribution in [0.3, 0.4) is 0 Å². The van der Waals surface area contributed by atoms with Crippen LogP contribution in [0, 0.1) is 0 Å². The zero-order chi connectivity index (χ0) is 21.1. The molecule has 1 saturated heterocycles. The first-order valence-corrected chi connectivity index (χ1v) is 11.6. The first-order chi connectivity index (χ1) is 15.2. The van der Waals surface area contributed by atoms with Crippen molar-refractivity contribution >= 4 is 16.8 Å². The minimum Gasteiger partial charge on any atom is -0.292 e. The number of nitrogens with zero attached hydrogens (tertiary/aromatic N) is 2. The van der Waals surface area contributed by atoms with Crippen LogP contribution in [-0.2, 0) is 6.42 Å². The quantitative estimate of drug-likeness (QED) is 0.571. The Hall–Kier alpha value is -2.63. The van der Waals surface area contributed by atoms with Crippen molar-refractivity contribution in [3.05, 3.63) is 71.5 Å². The van der Waals surface area contributed by atoms with Gasteiger partial charge in [-0.2, -0.15) is 0 Å². The van der Waals surface area contributed by atoms with Crippen molar-refractivity contribution in [1.29, 1.82) is 0 Å². The fourth-order valence-electron chi connectivity index (χ4n) is 5.21. The van der Waals surface area contributed by atoms with Crippen molar-refractivity contribution in [1.82, 2.24) is 20.8 Å². The highest BCUT2D eigenvalue weighted by atomic mass is 16.1. The lowest BCUT2D eigenvalue weighted by Crippen LogP contribution is -2.46. The SMILES string of the molecule is O=C(CCCc1ccccc1)c1cnc2cccc(C3CCC4(CCNN4)CC3)c2n1. The number of aryl methyl sites for hydroxylation is 1. The van der Waals surface area contributed by atoms with E-state index in [-0.39, 0.29) is 11.3 Å². The normalized spacial score (nSPS) is 23.4. The minimum atomic E-state index is 0.0870. The second-order valence-corrected chi connectivity index (χ2v) is 9.09. The molecule has 0 amide bonds. The third-order valence-corrected chi connectivity index (χ3v) is 7.07. The minimum absolute atomic E-state index is 0.0870. The molecule has 0 unspecified atom stereocenters. The molecule has 1 saturated carbocycles. The molecule has 0 radical (unpaired) electrons. The Balaban J connectivity index is 1.30. The molecule has 160 valence electrons. The number of carbonyl (C=O) groups excluding carboxylic acids is 1. The lowest BCUT2D eigenvalue weighted by atomic mass is 9.73. The van der Waals surface area contributed by atoms with Gasteiger partial charge in [0.25, 0.3) is 0 Å². The molecule has 0 atom stereocenters. The fraction of sp³-hybridized carbons (Fsp3) is 0.423. The predicted octanol–water partition coefficient (Wildman–Crippen LogP) is 4.73. The first-order valence-electron chi connectivity index (χ1n) is 11.6. The summed E-state index contributed by atoms with van der Waals surface area (Å²) in [5, 5.41) is 0. The molecular formula is C26H30N4O. The van der Waals surface area contributed by atoms with E-state index in [1.165, 1.54) is 30.4 Å². The summed E-state index contributed by atoms with van der Waals surface area (Å²) >= 11 is 0. The number of aromatic nitrogens is 2. The number of hydrazine groups is 1. The summed E-state index contributed by atoms with van der Waals surface area (Å²) in [5.41, 5.74) is 11.9. The summed E-state index contributed by atoms with van der Waals surface area (Å²) in [6, 6.07) is 16.6. The van der Waals surface area contributed by atoms with Gasteiger partial charge in [-0.25, -0.2) is 4.98 Å². The van der Waals surface area contributed by atoms with Crippen molar-refractivity contribution in [3.8, 4) is 0 Å². The summed E-state index contributed by atoms with van der Waals surface area (Å²) in [5.74, 6) is 0.568. The Kier molecular flexibility index (Phi) is 5.79. The van der Waals surface area contributed by atoms with Gasteiger partial charge in [-0.1, -0.05) is 42.5 Å². The molecule has 2 N–H and O–H groups in total. The average Bonchev–Trinajstić information content (AvgIpc) is 3.27. The molecule has 31 heavy (non-hydrogen) atoms. The molecule has 0 bridgehead atoms. The van der Waals surface area contributed by atoms with E-state index >= 15 is 0 Å². The van der Waals surface area contributed by atoms with Crippen molar-refractivity contribution in [2.24, 2.45) is 0 Å². The predicted molar refractivity (Wildman–Crippen MR) is 123 cm³/mol. The highest BCUT2D eigenvalue weighted by Gasteiger charge is 2.38. The standard InChI is InChI=1S/C26H30N4O/c31-24(11-4-8-19-6-2-1-3-7-19)23-18-27-22-10-5-9-21(25(22)29-23)20-12-14-26(15-13-20)16-17-28-30-26/h1-3,5-7,9-10,18,20,28,30H,4,8,11-17H2. The van der Waals surface area contributed by atoms with E-state index in [1.807, 2.05) is 24.3 Å². The highest BCUT2D eigenvalue weighted by molar-refractivity contribution is 5.95. The van der Waals surface area contributed by atoms with E-state index in [2.05, 4.69) is 40.1 Å². The van der Waals surface area contributed by atoms with Gasteiger partial charge in [0.15, 0.2) is 5.78 Å². The first kappa shape index (κ1) is 20.3. The zero-order valence-corrected chi connectivity index (χ0v) is 17.9. The van der Waals surface area contributed by atoms with Crippen LogP contribution in [0.25, 0.3) is 11.0 Å². The molecule has 2 fully saturated rings. The van der Waals surface area contributed by atoms with Crippen LogP contribution in [0.2, 0.25) is 0 Å². The summed E-state index contributed by atoms with van der Waals surface area (Å²) in [4.78, 5) is 22.2. The molecule has 1 aliphatic heterocycles. The molecule has 1 aliphatic carbocycles. The Morgan fingerprint density at radius 3 is 2.65 bits per heavy atom. The molecule has 2 aliphatic rings. The fourth-order valence-corrected chi connectivity index (χ4v) is 5.21. The molecule has 1 spiro atoms. The molecule has 5 heteroatoms. The van der Waals surface area contributed by atoms with Crippen LogP contribution < -0.4 is 10.9 Å². The van der Waals surface area contributed by atoms with Crippen LogP contribution >= 0.6 is 0 Å². The molecule has 5 nitrogen and oxygen atoms in total. The second-order valence-electron chi connectivity index (χ2n) is 9.09.